The third-order valence-corrected chi connectivity index (χ3v) is 2.37. The topological polar surface area (TPSA) is 75.6 Å². The number of rotatable bonds is 6. The monoisotopic (exact) mass is 301 g/mol. The molecule has 17 heavy (non-hydrogen) atoms. The first-order valence-corrected chi connectivity index (χ1v) is 5.74. The van der Waals surface area contributed by atoms with Gasteiger partial charge in [0.2, 0.25) is 0 Å². The van der Waals surface area contributed by atoms with Gasteiger partial charge < -0.3 is 15.2 Å². The van der Waals surface area contributed by atoms with Gasteiger partial charge in [0.1, 0.15) is 5.75 Å². The summed E-state index contributed by atoms with van der Waals surface area (Å²) in [4.78, 5) is 21.4. The van der Waals surface area contributed by atoms with E-state index in [1.165, 1.54) is 0 Å². The molecular formula is C11H12BrNO4. The summed E-state index contributed by atoms with van der Waals surface area (Å²) in [6, 6.07) is 7.07. The maximum Gasteiger partial charge on any atom is 0.305 e. The molecule has 0 heterocycles. The van der Waals surface area contributed by atoms with E-state index < -0.39 is 5.97 Å². The molecule has 0 radical (unpaired) electrons. The number of amides is 1. The predicted molar refractivity (Wildman–Crippen MR) is 64.9 cm³/mol. The molecule has 1 rings (SSSR count). The van der Waals surface area contributed by atoms with Gasteiger partial charge in [-0.15, -0.1) is 0 Å². The van der Waals surface area contributed by atoms with Crippen LogP contribution in [0.15, 0.2) is 28.7 Å². The van der Waals surface area contributed by atoms with Gasteiger partial charge in [-0.1, -0.05) is 15.9 Å². The van der Waals surface area contributed by atoms with Crippen LogP contribution in [0.4, 0.5) is 0 Å². The van der Waals surface area contributed by atoms with Crippen molar-refractivity contribution >= 4 is 27.8 Å². The molecule has 0 saturated carbocycles. The van der Waals surface area contributed by atoms with Gasteiger partial charge in [0, 0.05) is 11.0 Å². The minimum Gasteiger partial charge on any atom is -0.484 e. The van der Waals surface area contributed by atoms with Crippen LogP contribution in [-0.4, -0.2) is 30.1 Å². The molecule has 1 aromatic carbocycles. The minimum absolute atomic E-state index is 0.0932. The van der Waals surface area contributed by atoms with E-state index in [0.717, 1.165) is 4.47 Å². The fourth-order valence-corrected chi connectivity index (χ4v) is 1.30. The van der Waals surface area contributed by atoms with Crippen molar-refractivity contribution in [1.82, 2.24) is 5.32 Å². The minimum atomic E-state index is -0.945. The number of carbonyl (C=O) groups is 2. The highest BCUT2D eigenvalue weighted by Gasteiger charge is 2.03. The van der Waals surface area contributed by atoms with Gasteiger partial charge in [-0.3, -0.25) is 9.59 Å². The van der Waals surface area contributed by atoms with E-state index in [0.29, 0.717) is 5.75 Å². The second kappa shape index (κ2) is 6.90. The maximum absolute atomic E-state index is 11.2. The molecule has 0 atom stereocenters. The molecule has 92 valence electrons. The van der Waals surface area contributed by atoms with Crippen molar-refractivity contribution < 1.29 is 19.4 Å². The van der Waals surface area contributed by atoms with Gasteiger partial charge in [-0.05, 0) is 24.3 Å². The number of benzene rings is 1. The number of hydrogen-bond donors (Lipinski definition) is 2. The summed E-state index contributed by atoms with van der Waals surface area (Å²) in [5, 5.41) is 10.8. The van der Waals surface area contributed by atoms with Crippen LogP contribution in [0.2, 0.25) is 0 Å². The Kier molecular flexibility index (Phi) is 5.48. The Balaban J connectivity index is 2.23. The van der Waals surface area contributed by atoms with E-state index in [1.807, 2.05) is 0 Å². The molecular weight excluding hydrogens is 290 g/mol. The van der Waals surface area contributed by atoms with Crippen LogP contribution in [-0.2, 0) is 9.59 Å². The molecule has 0 spiro atoms. The molecule has 0 bridgehead atoms. The Morgan fingerprint density at radius 1 is 1.29 bits per heavy atom. The summed E-state index contributed by atoms with van der Waals surface area (Å²) in [5.74, 6) is -0.699. The highest BCUT2D eigenvalue weighted by Crippen LogP contribution is 2.15. The van der Waals surface area contributed by atoms with Crippen LogP contribution >= 0.6 is 15.9 Å². The molecule has 5 nitrogen and oxygen atoms in total. The van der Waals surface area contributed by atoms with Crippen molar-refractivity contribution in [3.05, 3.63) is 28.7 Å². The largest absolute Gasteiger partial charge is 0.484 e. The lowest BCUT2D eigenvalue weighted by Crippen LogP contribution is -2.30. The zero-order valence-corrected chi connectivity index (χ0v) is 10.6. The SMILES string of the molecule is O=C(O)CCNC(=O)COc1ccc(Br)cc1. The molecule has 0 aliphatic rings. The zero-order valence-electron chi connectivity index (χ0n) is 8.98. The molecule has 2 N–H and O–H groups in total. The predicted octanol–water partition coefficient (Wildman–Crippen LogP) is 1.42. The first kappa shape index (κ1) is 13.5. The van der Waals surface area contributed by atoms with E-state index in [4.69, 9.17) is 9.84 Å². The summed E-state index contributed by atoms with van der Waals surface area (Å²) >= 11 is 3.28. The molecule has 1 aromatic rings. The molecule has 0 unspecified atom stereocenters. The normalized spacial score (nSPS) is 9.71. The van der Waals surface area contributed by atoms with Gasteiger partial charge in [0.05, 0.1) is 6.42 Å². The molecule has 0 fully saturated rings. The number of aliphatic carboxylic acids is 1. The first-order chi connectivity index (χ1) is 8.08. The average Bonchev–Trinajstić information content (AvgIpc) is 2.28. The van der Waals surface area contributed by atoms with Crippen LogP contribution in [0, 0.1) is 0 Å². The lowest BCUT2D eigenvalue weighted by molar-refractivity contribution is -0.137. The number of nitrogens with one attached hydrogen (secondary N) is 1. The van der Waals surface area contributed by atoms with Gasteiger partial charge in [-0.2, -0.15) is 0 Å². The maximum atomic E-state index is 11.2. The van der Waals surface area contributed by atoms with E-state index >= 15 is 0 Å². The van der Waals surface area contributed by atoms with Crippen LogP contribution in [0.1, 0.15) is 6.42 Å². The number of carboxylic acids is 1. The zero-order chi connectivity index (χ0) is 12.7. The number of hydrogen-bond acceptors (Lipinski definition) is 3. The number of halogens is 1. The fraction of sp³-hybridized carbons (Fsp3) is 0.273. The van der Waals surface area contributed by atoms with Gasteiger partial charge in [0.15, 0.2) is 6.61 Å². The fourth-order valence-electron chi connectivity index (χ4n) is 1.04. The summed E-state index contributed by atoms with van der Waals surface area (Å²) < 4.78 is 6.13. The molecule has 1 amide bonds. The lowest BCUT2D eigenvalue weighted by atomic mass is 10.3. The van der Waals surface area contributed by atoms with Gasteiger partial charge in [0.25, 0.3) is 5.91 Å². The Hall–Kier alpha value is -1.56. The number of ether oxygens (including phenoxy) is 1. The van der Waals surface area contributed by atoms with E-state index in [2.05, 4.69) is 21.2 Å². The molecule has 0 aliphatic carbocycles. The van der Waals surface area contributed by atoms with E-state index in [1.54, 1.807) is 24.3 Å². The standard InChI is InChI=1S/C11H12BrNO4/c12-8-1-3-9(4-2-8)17-7-10(14)13-6-5-11(15)16/h1-4H,5-7H2,(H,13,14)(H,15,16). The van der Waals surface area contributed by atoms with Crippen LogP contribution in [0.5, 0.6) is 5.75 Å². The van der Waals surface area contributed by atoms with Crippen molar-refractivity contribution in [1.29, 1.82) is 0 Å². The van der Waals surface area contributed by atoms with Crippen LogP contribution < -0.4 is 10.1 Å². The highest BCUT2D eigenvalue weighted by atomic mass is 79.9. The number of carboxylic acid groups (broad SMARTS) is 1. The highest BCUT2D eigenvalue weighted by molar-refractivity contribution is 9.10. The summed E-state index contributed by atoms with van der Waals surface area (Å²) in [7, 11) is 0. The molecule has 6 heteroatoms. The summed E-state index contributed by atoms with van der Waals surface area (Å²) in [5.41, 5.74) is 0. The summed E-state index contributed by atoms with van der Waals surface area (Å²) in [6.07, 6.45) is -0.0932. The first-order valence-electron chi connectivity index (χ1n) is 4.95. The Morgan fingerprint density at radius 3 is 2.53 bits per heavy atom. The van der Waals surface area contributed by atoms with Crippen molar-refractivity contribution in [2.45, 2.75) is 6.42 Å². The lowest BCUT2D eigenvalue weighted by Gasteiger charge is -2.06. The summed E-state index contributed by atoms with van der Waals surface area (Å²) in [6.45, 7) is -0.0148. The molecule has 0 saturated heterocycles. The smallest absolute Gasteiger partial charge is 0.305 e. The van der Waals surface area contributed by atoms with Crippen molar-refractivity contribution in [2.24, 2.45) is 0 Å². The molecule has 0 aliphatic heterocycles. The van der Waals surface area contributed by atoms with Crippen LogP contribution in [0.3, 0.4) is 0 Å². The van der Waals surface area contributed by atoms with Crippen molar-refractivity contribution in [2.75, 3.05) is 13.2 Å². The van der Waals surface area contributed by atoms with Crippen molar-refractivity contribution in [3.8, 4) is 5.75 Å². The van der Waals surface area contributed by atoms with E-state index in [-0.39, 0.29) is 25.5 Å². The van der Waals surface area contributed by atoms with Gasteiger partial charge in [-0.25, -0.2) is 0 Å². The molecule has 0 aromatic heterocycles. The second-order valence-electron chi connectivity index (χ2n) is 3.24. The third-order valence-electron chi connectivity index (χ3n) is 1.84. The second-order valence-corrected chi connectivity index (χ2v) is 4.15. The number of carbonyl (C=O) groups excluding carboxylic acids is 1. The Bertz CT molecular complexity index is 391. The Morgan fingerprint density at radius 2 is 1.94 bits per heavy atom. The average molecular weight is 302 g/mol. The van der Waals surface area contributed by atoms with E-state index in [9.17, 15) is 9.59 Å². The van der Waals surface area contributed by atoms with Gasteiger partial charge >= 0.3 is 5.97 Å². The Labute approximate surface area is 107 Å². The third kappa shape index (κ3) is 5.91. The quantitative estimate of drug-likeness (QED) is 0.833. The van der Waals surface area contributed by atoms with Crippen molar-refractivity contribution in [3.63, 3.8) is 0 Å². The van der Waals surface area contributed by atoms with Crippen LogP contribution in [0.25, 0.3) is 0 Å².